The standard InChI is InChI=1S/C19H24N6O3/c1-27-8-9-28-15-4-2-14(3-5-15)22-19(26)18-17-13(11-21-24-17)10-16(23-18)25-7-6-20-12-25/h6-7,10-12,14-15H,2-5,8-9H2,1H3,(H,21,24)(H,22,26). The fraction of sp³-hybridized carbons (Fsp3) is 0.474. The topological polar surface area (TPSA) is 107 Å². The number of aromatic amines is 1. The lowest BCUT2D eigenvalue weighted by Crippen LogP contribution is -2.39. The summed E-state index contributed by atoms with van der Waals surface area (Å²) in [5, 5.41) is 10.9. The van der Waals surface area contributed by atoms with Gasteiger partial charge in [-0.05, 0) is 31.7 Å². The number of carbonyl (C=O) groups is 1. The van der Waals surface area contributed by atoms with E-state index in [9.17, 15) is 4.79 Å². The second kappa shape index (κ2) is 8.49. The summed E-state index contributed by atoms with van der Waals surface area (Å²) in [4.78, 5) is 21.5. The Kier molecular flexibility index (Phi) is 5.63. The molecule has 0 saturated heterocycles. The zero-order valence-corrected chi connectivity index (χ0v) is 15.8. The zero-order valence-electron chi connectivity index (χ0n) is 15.8. The number of nitrogens with one attached hydrogen (secondary N) is 2. The van der Waals surface area contributed by atoms with Crippen LogP contribution in [-0.4, -0.2) is 63.1 Å². The Balaban J connectivity index is 1.44. The van der Waals surface area contributed by atoms with Gasteiger partial charge in [0.1, 0.15) is 12.1 Å². The molecule has 0 aromatic carbocycles. The van der Waals surface area contributed by atoms with Crippen molar-refractivity contribution in [2.75, 3.05) is 20.3 Å². The highest BCUT2D eigenvalue weighted by molar-refractivity contribution is 6.04. The summed E-state index contributed by atoms with van der Waals surface area (Å²) in [7, 11) is 1.67. The highest BCUT2D eigenvalue weighted by Gasteiger charge is 2.25. The van der Waals surface area contributed by atoms with Crippen LogP contribution in [0, 0.1) is 0 Å². The van der Waals surface area contributed by atoms with Gasteiger partial charge in [-0.25, -0.2) is 9.97 Å². The molecule has 3 heterocycles. The second-order valence-electron chi connectivity index (χ2n) is 6.94. The molecule has 1 amide bonds. The maximum atomic E-state index is 12.9. The van der Waals surface area contributed by atoms with E-state index in [1.54, 1.807) is 36.6 Å². The summed E-state index contributed by atoms with van der Waals surface area (Å²) in [5.74, 6) is 0.437. The fourth-order valence-electron chi connectivity index (χ4n) is 3.55. The van der Waals surface area contributed by atoms with E-state index in [1.807, 2.05) is 6.07 Å². The molecular formula is C19H24N6O3. The SMILES string of the molecule is COCCOC1CCC(NC(=O)c2nc(-n3ccnc3)cc3cn[nH]c23)CC1. The molecule has 3 aromatic rings. The van der Waals surface area contributed by atoms with Crippen LogP contribution in [-0.2, 0) is 9.47 Å². The molecule has 0 atom stereocenters. The van der Waals surface area contributed by atoms with Gasteiger partial charge in [-0.15, -0.1) is 0 Å². The Morgan fingerprint density at radius 1 is 1.32 bits per heavy atom. The van der Waals surface area contributed by atoms with Crippen molar-refractivity contribution < 1.29 is 14.3 Å². The van der Waals surface area contributed by atoms with E-state index < -0.39 is 0 Å². The molecule has 0 bridgehead atoms. The number of hydrogen-bond donors (Lipinski definition) is 2. The maximum Gasteiger partial charge on any atom is 0.272 e. The summed E-state index contributed by atoms with van der Waals surface area (Å²) in [5.41, 5.74) is 0.982. The van der Waals surface area contributed by atoms with E-state index in [2.05, 4.69) is 25.5 Å². The first-order valence-electron chi connectivity index (χ1n) is 9.48. The van der Waals surface area contributed by atoms with Crippen molar-refractivity contribution >= 4 is 16.8 Å². The van der Waals surface area contributed by atoms with Gasteiger partial charge in [0.2, 0.25) is 0 Å². The van der Waals surface area contributed by atoms with Gasteiger partial charge in [0, 0.05) is 30.9 Å². The predicted molar refractivity (Wildman–Crippen MR) is 102 cm³/mol. The van der Waals surface area contributed by atoms with Crippen LogP contribution in [0.3, 0.4) is 0 Å². The molecule has 28 heavy (non-hydrogen) atoms. The van der Waals surface area contributed by atoms with E-state index in [-0.39, 0.29) is 18.1 Å². The summed E-state index contributed by atoms with van der Waals surface area (Å²) in [6.45, 7) is 1.22. The molecule has 1 saturated carbocycles. The van der Waals surface area contributed by atoms with Gasteiger partial charge in [-0.2, -0.15) is 5.10 Å². The van der Waals surface area contributed by atoms with E-state index in [1.165, 1.54) is 0 Å². The summed E-state index contributed by atoms with van der Waals surface area (Å²) in [6.07, 6.45) is 10.7. The molecule has 0 aliphatic heterocycles. The number of amides is 1. The Morgan fingerprint density at radius 2 is 2.18 bits per heavy atom. The second-order valence-corrected chi connectivity index (χ2v) is 6.94. The number of carbonyl (C=O) groups excluding carboxylic acids is 1. The number of hydrogen-bond acceptors (Lipinski definition) is 6. The lowest BCUT2D eigenvalue weighted by Gasteiger charge is -2.29. The Labute approximate surface area is 162 Å². The van der Waals surface area contributed by atoms with Crippen LogP contribution in [0.5, 0.6) is 0 Å². The molecule has 3 aromatic heterocycles. The summed E-state index contributed by atoms with van der Waals surface area (Å²) < 4.78 is 12.6. The van der Waals surface area contributed by atoms with Crippen LogP contribution in [0.4, 0.5) is 0 Å². The van der Waals surface area contributed by atoms with E-state index in [0.29, 0.717) is 30.2 Å². The molecule has 0 unspecified atom stereocenters. The predicted octanol–water partition coefficient (Wildman–Crippen LogP) is 1.85. The summed E-state index contributed by atoms with van der Waals surface area (Å²) in [6, 6.07) is 1.99. The molecule has 1 aliphatic carbocycles. The zero-order chi connectivity index (χ0) is 19.3. The van der Waals surface area contributed by atoms with Gasteiger partial charge in [0.15, 0.2) is 5.69 Å². The third-order valence-corrected chi connectivity index (χ3v) is 5.05. The molecule has 1 aliphatic rings. The number of methoxy groups -OCH3 is 1. The van der Waals surface area contributed by atoms with E-state index >= 15 is 0 Å². The van der Waals surface area contributed by atoms with Gasteiger partial charge in [-0.1, -0.05) is 0 Å². The molecule has 0 spiro atoms. The number of aromatic nitrogens is 5. The van der Waals surface area contributed by atoms with Crippen molar-refractivity contribution in [1.29, 1.82) is 0 Å². The van der Waals surface area contributed by atoms with Crippen molar-refractivity contribution in [1.82, 2.24) is 30.0 Å². The lowest BCUT2D eigenvalue weighted by molar-refractivity contribution is -0.00409. The van der Waals surface area contributed by atoms with Crippen molar-refractivity contribution in [2.24, 2.45) is 0 Å². The molecule has 2 N–H and O–H groups in total. The summed E-state index contributed by atoms with van der Waals surface area (Å²) >= 11 is 0. The minimum Gasteiger partial charge on any atom is -0.382 e. The molecule has 4 rings (SSSR count). The first-order valence-corrected chi connectivity index (χ1v) is 9.48. The monoisotopic (exact) mass is 384 g/mol. The number of H-pyrrole nitrogens is 1. The van der Waals surface area contributed by atoms with Crippen molar-refractivity contribution in [3.63, 3.8) is 0 Å². The van der Waals surface area contributed by atoms with Gasteiger partial charge < -0.3 is 14.8 Å². The molecule has 9 nitrogen and oxygen atoms in total. The maximum absolute atomic E-state index is 12.9. The van der Waals surface area contributed by atoms with Gasteiger partial charge in [0.05, 0.1) is 31.0 Å². The first kappa shape index (κ1) is 18.6. The number of rotatable bonds is 7. The minimum absolute atomic E-state index is 0.117. The Bertz CT molecular complexity index is 915. The Morgan fingerprint density at radius 3 is 2.93 bits per heavy atom. The van der Waals surface area contributed by atoms with Crippen LogP contribution in [0.1, 0.15) is 36.2 Å². The van der Waals surface area contributed by atoms with Crippen LogP contribution in [0.25, 0.3) is 16.7 Å². The normalized spacial score (nSPS) is 19.8. The van der Waals surface area contributed by atoms with E-state index in [0.717, 1.165) is 31.1 Å². The molecule has 1 fully saturated rings. The first-order chi connectivity index (χ1) is 13.7. The third kappa shape index (κ3) is 4.05. The van der Waals surface area contributed by atoms with Crippen molar-refractivity contribution in [3.8, 4) is 5.82 Å². The lowest BCUT2D eigenvalue weighted by atomic mass is 9.93. The number of fused-ring (bicyclic) bond motifs is 1. The fourth-order valence-corrected chi connectivity index (χ4v) is 3.55. The van der Waals surface area contributed by atoms with E-state index in [4.69, 9.17) is 9.47 Å². The number of nitrogens with zero attached hydrogens (tertiary/aromatic N) is 4. The largest absolute Gasteiger partial charge is 0.382 e. The van der Waals surface area contributed by atoms with Gasteiger partial charge in [-0.3, -0.25) is 14.5 Å². The third-order valence-electron chi connectivity index (χ3n) is 5.05. The molecule has 148 valence electrons. The average molecular weight is 384 g/mol. The number of pyridine rings is 1. The van der Waals surface area contributed by atoms with Crippen LogP contribution in [0.2, 0.25) is 0 Å². The van der Waals surface area contributed by atoms with Gasteiger partial charge in [0.25, 0.3) is 5.91 Å². The van der Waals surface area contributed by atoms with Crippen LogP contribution >= 0.6 is 0 Å². The van der Waals surface area contributed by atoms with Crippen LogP contribution < -0.4 is 5.32 Å². The quantitative estimate of drug-likeness (QED) is 0.602. The highest BCUT2D eigenvalue weighted by Crippen LogP contribution is 2.23. The smallest absolute Gasteiger partial charge is 0.272 e. The van der Waals surface area contributed by atoms with Crippen molar-refractivity contribution in [3.05, 3.63) is 36.7 Å². The minimum atomic E-state index is -0.194. The molecular weight excluding hydrogens is 360 g/mol. The number of ether oxygens (including phenoxy) is 2. The average Bonchev–Trinajstić information content (AvgIpc) is 3.40. The van der Waals surface area contributed by atoms with Crippen molar-refractivity contribution in [2.45, 2.75) is 37.8 Å². The van der Waals surface area contributed by atoms with Crippen LogP contribution in [0.15, 0.2) is 31.0 Å². The number of imidazole rings is 1. The molecule has 9 heteroatoms. The molecule has 0 radical (unpaired) electrons. The Hall–Kier alpha value is -2.78. The van der Waals surface area contributed by atoms with Gasteiger partial charge >= 0.3 is 0 Å². The highest BCUT2D eigenvalue weighted by atomic mass is 16.5.